The average Bonchev–Trinajstić information content (AvgIpc) is 2.86. The van der Waals surface area contributed by atoms with Crippen molar-refractivity contribution in [3.63, 3.8) is 0 Å². The van der Waals surface area contributed by atoms with Gasteiger partial charge in [0.15, 0.2) is 0 Å². The van der Waals surface area contributed by atoms with Crippen LogP contribution in [0.25, 0.3) is 0 Å². The zero-order valence-corrected chi connectivity index (χ0v) is 11.2. The molecule has 2 N–H and O–H groups in total. The number of carbonyl (C=O) groups is 1. The van der Waals surface area contributed by atoms with Crippen molar-refractivity contribution in [2.75, 3.05) is 13.1 Å². The number of nitrogens with two attached hydrogens (primary N) is 1. The Balaban J connectivity index is 2.07. The molecule has 0 aromatic rings. The first kappa shape index (κ1) is 12.9. The molecule has 0 bridgehead atoms. The summed E-state index contributed by atoms with van der Waals surface area (Å²) in [5.41, 5.74) is 5.87. The fourth-order valence-electron chi connectivity index (χ4n) is 3.65. The Kier molecular flexibility index (Phi) is 3.76. The summed E-state index contributed by atoms with van der Waals surface area (Å²) in [4.78, 5) is 14.7. The zero-order valence-electron chi connectivity index (χ0n) is 11.2. The molecule has 1 atom stereocenters. The molecule has 1 saturated heterocycles. The highest BCUT2D eigenvalue weighted by molar-refractivity contribution is 5.83. The van der Waals surface area contributed by atoms with Gasteiger partial charge in [-0.05, 0) is 31.6 Å². The van der Waals surface area contributed by atoms with Crippen LogP contribution in [0.2, 0.25) is 0 Å². The monoisotopic (exact) mass is 238 g/mol. The molecule has 1 unspecified atom stereocenters. The zero-order chi connectivity index (χ0) is 12.5. The number of likely N-dealkylation sites (tertiary alicyclic amines) is 1. The van der Waals surface area contributed by atoms with E-state index in [9.17, 15) is 4.79 Å². The van der Waals surface area contributed by atoms with Gasteiger partial charge < -0.3 is 10.6 Å². The molecule has 3 heteroatoms. The average molecular weight is 238 g/mol. The van der Waals surface area contributed by atoms with E-state index in [-0.39, 0.29) is 11.5 Å². The van der Waals surface area contributed by atoms with Crippen LogP contribution in [0.15, 0.2) is 0 Å². The summed E-state index contributed by atoms with van der Waals surface area (Å²) >= 11 is 0. The highest BCUT2D eigenvalue weighted by Crippen LogP contribution is 2.45. The van der Waals surface area contributed by atoms with Crippen molar-refractivity contribution in [2.24, 2.45) is 17.1 Å². The Hall–Kier alpha value is -0.570. The topological polar surface area (TPSA) is 46.3 Å². The molecule has 0 spiro atoms. The number of hydrogen-bond acceptors (Lipinski definition) is 2. The molecular formula is C14H26N2O. The Morgan fingerprint density at radius 2 is 2.06 bits per heavy atom. The molecule has 1 aliphatic carbocycles. The second-order valence-corrected chi connectivity index (χ2v) is 6.39. The summed E-state index contributed by atoms with van der Waals surface area (Å²) in [6.07, 6.45) is 6.66. The minimum absolute atomic E-state index is 0.0434. The lowest BCUT2D eigenvalue weighted by Gasteiger charge is -2.33. The van der Waals surface area contributed by atoms with Gasteiger partial charge in [0.2, 0.25) is 5.91 Å². The lowest BCUT2D eigenvalue weighted by molar-refractivity contribution is -0.141. The van der Waals surface area contributed by atoms with Crippen molar-refractivity contribution in [3.8, 4) is 0 Å². The van der Waals surface area contributed by atoms with Gasteiger partial charge in [-0.15, -0.1) is 0 Å². The van der Waals surface area contributed by atoms with Crippen LogP contribution in [-0.2, 0) is 4.79 Å². The van der Waals surface area contributed by atoms with Crippen LogP contribution in [0.4, 0.5) is 0 Å². The first-order chi connectivity index (χ1) is 8.03. The van der Waals surface area contributed by atoms with Crippen molar-refractivity contribution >= 4 is 5.91 Å². The molecule has 0 aromatic carbocycles. The third kappa shape index (κ3) is 2.65. The summed E-state index contributed by atoms with van der Waals surface area (Å²) in [7, 11) is 0. The molecule has 1 heterocycles. The Bertz CT molecular complexity index is 282. The molecule has 1 aliphatic heterocycles. The van der Waals surface area contributed by atoms with Gasteiger partial charge in [-0.3, -0.25) is 4.79 Å². The smallest absolute Gasteiger partial charge is 0.228 e. The van der Waals surface area contributed by atoms with Gasteiger partial charge in [0.05, 0.1) is 0 Å². The minimum Gasteiger partial charge on any atom is -0.341 e. The van der Waals surface area contributed by atoms with Crippen molar-refractivity contribution in [3.05, 3.63) is 0 Å². The minimum atomic E-state index is -0.0434. The third-order valence-electron chi connectivity index (χ3n) is 4.33. The van der Waals surface area contributed by atoms with Gasteiger partial charge >= 0.3 is 0 Å². The van der Waals surface area contributed by atoms with E-state index in [0.717, 1.165) is 38.8 Å². The molecule has 1 saturated carbocycles. The predicted molar refractivity (Wildman–Crippen MR) is 69.5 cm³/mol. The number of hydrogen-bond donors (Lipinski definition) is 1. The molecule has 3 nitrogen and oxygen atoms in total. The van der Waals surface area contributed by atoms with Gasteiger partial charge in [-0.1, -0.05) is 26.7 Å². The van der Waals surface area contributed by atoms with Crippen LogP contribution in [0.3, 0.4) is 0 Å². The Morgan fingerprint density at radius 1 is 1.41 bits per heavy atom. The van der Waals surface area contributed by atoms with Crippen molar-refractivity contribution in [1.29, 1.82) is 0 Å². The summed E-state index contributed by atoms with van der Waals surface area (Å²) < 4.78 is 0. The molecule has 2 fully saturated rings. The maximum atomic E-state index is 12.7. The lowest BCUT2D eigenvalue weighted by atomic mass is 9.77. The van der Waals surface area contributed by atoms with E-state index in [1.807, 2.05) is 4.90 Å². The van der Waals surface area contributed by atoms with Crippen LogP contribution in [0.1, 0.15) is 52.4 Å². The van der Waals surface area contributed by atoms with E-state index in [0.29, 0.717) is 11.8 Å². The first-order valence-electron chi connectivity index (χ1n) is 7.08. The molecule has 98 valence electrons. The summed E-state index contributed by atoms with van der Waals surface area (Å²) in [5, 5.41) is 0. The van der Waals surface area contributed by atoms with Gasteiger partial charge in [-0.25, -0.2) is 0 Å². The molecule has 0 radical (unpaired) electrons. The highest BCUT2D eigenvalue weighted by atomic mass is 16.2. The van der Waals surface area contributed by atoms with E-state index in [2.05, 4.69) is 13.8 Å². The lowest BCUT2D eigenvalue weighted by Crippen LogP contribution is -2.43. The second kappa shape index (κ2) is 4.97. The largest absolute Gasteiger partial charge is 0.341 e. The fourth-order valence-corrected chi connectivity index (χ4v) is 3.65. The third-order valence-corrected chi connectivity index (χ3v) is 4.33. The molecular weight excluding hydrogens is 212 g/mol. The van der Waals surface area contributed by atoms with Crippen LogP contribution in [0, 0.1) is 11.3 Å². The summed E-state index contributed by atoms with van der Waals surface area (Å²) in [6, 6.07) is 0.205. The summed E-state index contributed by atoms with van der Waals surface area (Å²) in [6.45, 7) is 6.10. The quantitative estimate of drug-likeness (QED) is 0.819. The molecule has 2 rings (SSSR count). The summed E-state index contributed by atoms with van der Waals surface area (Å²) in [5.74, 6) is 1.00. The van der Waals surface area contributed by atoms with E-state index in [4.69, 9.17) is 5.73 Å². The molecule has 2 aliphatic rings. The van der Waals surface area contributed by atoms with Gasteiger partial charge in [0.25, 0.3) is 0 Å². The van der Waals surface area contributed by atoms with Gasteiger partial charge in [0, 0.05) is 24.5 Å². The number of carbonyl (C=O) groups excluding carboxylic acids is 1. The van der Waals surface area contributed by atoms with Gasteiger partial charge in [0.1, 0.15) is 0 Å². The number of amides is 1. The maximum absolute atomic E-state index is 12.7. The van der Waals surface area contributed by atoms with Crippen LogP contribution >= 0.6 is 0 Å². The fraction of sp³-hybridized carbons (Fsp3) is 0.929. The molecule has 0 aromatic heterocycles. The van der Waals surface area contributed by atoms with E-state index < -0.39 is 0 Å². The SMILES string of the molecule is CC(C)CC1(C(=O)N2CCC(N)C2)CCCC1. The van der Waals surface area contributed by atoms with E-state index in [1.165, 1.54) is 12.8 Å². The normalized spacial score (nSPS) is 28.0. The first-order valence-corrected chi connectivity index (χ1v) is 7.08. The van der Waals surface area contributed by atoms with Crippen molar-refractivity contribution in [1.82, 2.24) is 4.90 Å². The van der Waals surface area contributed by atoms with E-state index in [1.54, 1.807) is 0 Å². The predicted octanol–water partition coefficient (Wildman–Crippen LogP) is 2.15. The van der Waals surface area contributed by atoms with E-state index >= 15 is 0 Å². The van der Waals surface area contributed by atoms with Gasteiger partial charge in [-0.2, -0.15) is 0 Å². The maximum Gasteiger partial charge on any atom is 0.228 e. The van der Waals surface area contributed by atoms with Crippen molar-refractivity contribution in [2.45, 2.75) is 58.4 Å². The Labute approximate surface area is 105 Å². The van der Waals surface area contributed by atoms with Crippen LogP contribution < -0.4 is 5.73 Å². The van der Waals surface area contributed by atoms with Crippen LogP contribution in [-0.4, -0.2) is 29.9 Å². The number of nitrogens with zero attached hydrogens (tertiary/aromatic N) is 1. The second-order valence-electron chi connectivity index (χ2n) is 6.39. The molecule has 17 heavy (non-hydrogen) atoms. The van der Waals surface area contributed by atoms with Crippen molar-refractivity contribution < 1.29 is 4.79 Å². The number of rotatable bonds is 3. The Morgan fingerprint density at radius 3 is 2.53 bits per heavy atom. The van der Waals surface area contributed by atoms with Crippen LogP contribution in [0.5, 0.6) is 0 Å². The standard InChI is InChI=1S/C14H26N2O/c1-11(2)9-14(6-3-4-7-14)13(17)16-8-5-12(15)10-16/h11-12H,3-10,15H2,1-2H3. The molecule has 1 amide bonds. The highest BCUT2D eigenvalue weighted by Gasteiger charge is 2.44.